The minimum Gasteiger partial charge on any atom is -0.382 e. The molecule has 0 fully saturated rings. The van der Waals surface area contributed by atoms with Crippen molar-refractivity contribution in [1.29, 1.82) is 0 Å². The summed E-state index contributed by atoms with van der Waals surface area (Å²) in [4.78, 5) is 12.1. The molecule has 1 rings (SSSR count). The van der Waals surface area contributed by atoms with Gasteiger partial charge in [0.25, 0.3) is 0 Å². The summed E-state index contributed by atoms with van der Waals surface area (Å²) in [5, 5.41) is 6.57. The first-order chi connectivity index (χ1) is 7.19. The highest BCUT2D eigenvalue weighted by molar-refractivity contribution is 7.99. The molecule has 0 bridgehead atoms. The summed E-state index contributed by atoms with van der Waals surface area (Å²) >= 11 is 2.80. The van der Waals surface area contributed by atoms with E-state index in [-0.39, 0.29) is 12.5 Å². The molecule has 0 unspecified atom stereocenters. The molecule has 0 atom stereocenters. The number of nitrogens with two attached hydrogens (primary N) is 1. The molecule has 0 saturated carbocycles. The van der Waals surface area contributed by atoms with Crippen LogP contribution in [0.1, 0.15) is 6.92 Å². The lowest BCUT2D eigenvalue weighted by Crippen LogP contribution is -2.29. The number of carbonyl (C=O) groups is 1. The fourth-order valence-corrected chi connectivity index (χ4v) is 2.56. The zero-order chi connectivity index (χ0) is 11.3. The lowest BCUT2D eigenvalue weighted by Gasteiger charge is -2.05. The molecule has 0 aliphatic heterocycles. The molecule has 0 aliphatic carbocycles. The van der Waals surface area contributed by atoms with Gasteiger partial charge in [0, 0.05) is 6.54 Å². The number of likely N-dealkylation sites (N-methyl/N-ethyl adjacent to an activating group) is 1. The smallest absolute Gasteiger partial charge is 0.239 e. The van der Waals surface area contributed by atoms with Crippen LogP contribution in [0.3, 0.4) is 0 Å². The summed E-state index contributed by atoms with van der Waals surface area (Å²) in [6, 6.07) is 0. The summed E-state index contributed by atoms with van der Waals surface area (Å²) in [5.74, 6) is 0.488. The molecule has 84 valence electrons. The molecule has 0 aliphatic rings. The summed E-state index contributed by atoms with van der Waals surface area (Å²) in [7, 11) is 0. The topological polar surface area (TPSA) is 80.0 Å². The number of thioether (sulfide) groups is 1. The Kier molecular flexibility index (Phi) is 4.70. The highest BCUT2D eigenvalue weighted by atomic mass is 32.2. The predicted octanol–water partition coefficient (Wildman–Crippen LogP) is 0.995. The van der Waals surface area contributed by atoms with Crippen molar-refractivity contribution in [1.82, 2.24) is 9.69 Å². The van der Waals surface area contributed by atoms with Gasteiger partial charge in [-0.05, 0) is 24.7 Å². The van der Waals surface area contributed by atoms with E-state index in [1.807, 2.05) is 13.2 Å². The summed E-state index contributed by atoms with van der Waals surface area (Å²) < 4.78 is 4.02. The minimum absolute atomic E-state index is 0.0310. The van der Waals surface area contributed by atoms with E-state index in [1.54, 1.807) is 0 Å². The van der Waals surface area contributed by atoms with Crippen LogP contribution in [0.25, 0.3) is 0 Å². The van der Waals surface area contributed by atoms with Crippen molar-refractivity contribution in [3.8, 4) is 0 Å². The number of amides is 1. The molecule has 1 aromatic rings. The molecule has 4 N–H and O–H groups in total. The van der Waals surface area contributed by atoms with Crippen LogP contribution >= 0.6 is 23.3 Å². The molecular weight excluding hydrogens is 232 g/mol. The number of nitrogens with one attached hydrogen (secondary N) is 2. The van der Waals surface area contributed by atoms with Crippen molar-refractivity contribution in [2.45, 2.75) is 11.8 Å². The van der Waals surface area contributed by atoms with Gasteiger partial charge >= 0.3 is 0 Å². The van der Waals surface area contributed by atoms with Crippen LogP contribution in [0.4, 0.5) is 10.8 Å². The molecule has 1 amide bonds. The standard InChI is InChI=1S/C8H14N4OS2/c1-3-10-5(13)4-11-8-6(14-2)7(9)12-15-8/h11H,3-4H2,1-2H3,(H2,9,12)(H,10,13). The number of anilines is 2. The molecule has 0 saturated heterocycles. The first-order valence-corrected chi connectivity index (χ1v) is 6.48. The van der Waals surface area contributed by atoms with Crippen molar-refractivity contribution in [2.75, 3.05) is 30.4 Å². The van der Waals surface area contributed by atoms with Crippen LogP contribution in [0.5, 0.6) is 0 Å². The molecule has 5 nitrogen and oxygen atoms in total. The van der Waals surface area contributed by atoms with Gasteiger partial charge in [-0.25, -0.2) is 0 Å². The van der Waals surface area contributed by atoms with E-state index in [2.05, 4.69) is 15.0 Å². The van der Waals surface area contributed by atoms with Gasteiger partial charge in [0.15, 0.2) is 5.82 Å². The number of nitrogens with zero attached hydrogens (tertiary/aromatic N) is 1. The fraction of sp³-hybridized carbons (Fsp3) is 0.500. The fourth-order valence-electron chi connectivity index (χ4n) is 1.02. The number of hydrogen-bond donors (Lipinski definition) is 3. The maximum atomic E-state index is 11.2. The van der Waals surface area contributed by atoms with Gasteiger partial charge in [-0.15, -0.1) is 11.8 Å². The van der Waals surface area contributed by atoms with Gasteiger partial charge in [-0.3, -0.25) is 4.79 Å². The second kappa shape index (κ2) is 5.82. The second-order valence-corrected chi connectivity index (χ2v) is 4.33. The number of hydrogen-bond acceptors (Lipinski definition) is 6. The van der Waals surface area contributed by atoms with Crippen molar-refractivity contribution < 1.29 is 4.79 Å². The summed E-state index contributed by atoms with van der Waals surface area (Å²) in [6.07, 6.45) is 1.93. The third kappa shape index (κ3) is 3.28. The average Bonchev–Trinajstić information content (AvgIpc) is 2.56. The molecule has 1 heterocycles. The van der Waals surface area contributed by atoms with Crippen molar-refractivity contribution in [2.24, 2.45) is 0 Å². The Morgan fingerprint density at radius 2 is 2.40 bits per heavy atom. The maximum Gasteiger partial charge on any atom is 0.239 e. The molecule has 0 radical (unpaired) electrons. The van der Waals surface area contributed by atoms with Crippen LogP contribution in [0.15, 0.2) is 4.90 Å². The second-order valence-electron chi connectivity index (χ2n) is 2.74. The van der Waals surface area contributed by atoms with Crippen molar-refractivity contribution >= 4 is 40.0 Å². The van der Waals surface area contributed by atoms with E-state index in [1.165, 1.54) is 23.3 Å². The molecule has 15 heavy (non-hydrogen) atoms. The van der Waals surface area contributed by atoms with Gasteiger partial charge in [0.2, 0.25) is 5.91 Å². The number of aromatic nitrogens is 1. The Morgan fingerprint density at radius 1 is 1.67 bits per heavy atom. The molecular formula is C8H14N4OS2. The first kappa shape index (κ1) is 12.1. The van der Waals surface area contributed by atoms with E-state index in [0.717, 1.165) is 9.90 Å². The zero-order valence-electron chi connectivity index (χ0n) is 8.66. The third-order valence-electron chi connectivity index (χ3n) is 1.66. The van der Waals surface area contributed by atoms with E-state index >= 15 is 0 Å². The first-order valence-electron chi connectivity index (χ1n) is 4.48. The SMILES string of the molecule is CCNC(=O)CNc1snc(N)c1SC. The van der Waals surface area contributed by atoms with Crippen molar-refractivity contribution in [3.63, 3.8) is 0 Å². The number of nitrogen functional groups attached to an aromatic ring is 1. The monoisotopic (exact) mass is 246 g/mol. The molecule has 0 aromatic carbocycles. The van der Waals surface area contributed by atoms with Gasteiger partial charge in [0.1, 0.15) is 5.00 Å². The zero-order valence-corrected chi connectivity index (χ0v) is 10.3. The average molecular weight is 246 g/mol. The lowest BCUT2D eigenvalue weighted by atomic mass is 10.5. The van der Waals surface area contributed by atoms with E-state index in [9.17, 15) is 4.79 Å². The molecule has 7 heteroatoms. The van der Waals surface area contributed by atoms with Crippen LogP contribution in [0.2, 0.25) is 0 Å². The Labute approximate surface area is 97.0 Å². The molecule has 1 aromatic heterocycles. The third-order valence-corrected chi connectivity index (χ3v) is 3.43. The van der Waals surface area contributed by atoms with E-state index in [0.29, 0.717) is 12.4 Å². The van der Waals surface area contributed by atoms with Gasteiger partial charge < -0.3 is 16.4 Å². The predicted molar refractivity (Wildman–Crippen MR) is 65.5 cm³/mol. The summed E-state index contributed by atoms with van der Waals surface area (Å²) in [5.41, 5.74) is 5.65. The summed E-state index contributed by atoms with van der Waals surface area (Å²) in [6.45, 7) is 2.78. The van der Waals surface area contributed by atoms with Gasteiger partial charge in [-0.1, -0.05) is 0 Å². The van der Waals surface area contributed by atoms with Crippen LogP contribution in [0, 0.1) is 0 Å². The number of rotatable bonds is 5. The molecule has 0 spiro atoms. The highest BCUT2D eigenvalue weighted by Crippen LogP contribution is 2.34. The van der Waals surface area contributed by atoms with E-state index in [4.69, 9.17) is 5.73 Å². The largest absolute Gasteiger partial charge is 0.382 e. The lowest BCUT2D eigenvalue weighted by molar-refractivity contribution is -0.119. The van der Waals surface area contributed by atoms with Crippen LogP contribution in [-0.4, -0.2) is 29.6 Å². The van der Waals surface area contributed by atoms with Crippen molar-refractivity contribution in [3.05, 3.63) is 0 Å². The van der Waals surface area contributed by atoms with E-state index < -0.39 is 0 Å². The highest BCUT2D eigenvalue weighted by Gasteiger charge is 2.10. The van der Waals surface area contributed by atoms with Gasteiger partial charge in [0.05, 0.1) is 11.4 Å². The normalized spacial score (nSPS) is 10.0. The Balaban J connectivity index is 2.53. The van der Waals surface area contributed by atoms with Crippen LogP contribution < -0.4 is 16.4 Å². The number of carbonyl (C=O) groups excluding carboxylic acids is 1. The maximum absolute atomic E-state index is 11.2. The Morgan fingerprint density at radius 3 is 3.00 bits per heavy atom. The van der Waals surface area contributed by atoms with Gasteiger partial charge in [-0.2, -0.15) is 4.37 Å². The Hall–Kier alpha value is -0.950. The van der Waals surface area contributed by atoms with Crippen LogP contribution in [-0.2, 0) is 4.79 Å². The Bertz CT molecular complexity index is 339. The quantitative estimate of drug-likeness (QED) is 0.675. The minimum atomic E-state index is -0.0310.